The molecule has 0 aliphatic carbocycles. The van der Waals surface area contributed by atoms with Crippen LogP contribution in [0.5, 0.6) is 0 Å². The van der Waals surface area contributed by atoms with E-state index in [4.69, 9.17) is 4.42 Å². The molecule has 0 spiro atoms. The molecule has 7 nitrogen and oxygen atoms in total. The van der Waals surface area contributed by atoms with Crippen LogP contribution in [0, 0.1) is 0 Å². The fraction of sp³-hybridized carbons (Fsp3) is 0.129. The van der Waals surface area contributed by atoms with E-state index in [1.165, 1.54) is 12.3 Å². The summed E-state index contributed by atoms with van der Waals surface area (Å²) >= 11 is 0. The maximum absolute atomic E-state index is 13.2. The summed E-state index contributed by atoms with van der Waals surface area (Å²) in [5, 5.41) is 8.29. The van der Waals surface area contributed by atoms with Gasteiger partial charge in [-0.05, 0) is 65.6 Å². The molecule has 7 heteroatoms. The zero-order valence-corrected chi connectivity index (χ0v) is 21.4. The van der Waals surface area contributed by atoms with Crippen molar-refractivity contribution in [2.24, 2.45) is 0 Å². The highest BCUT2D eigenvalue weighted by Crippen LogP contribution is 2.23. The van der Waals surface area contributed by atoms with Crippen molar-refractivity contribution in [1.82, 2.24) is 5.32 Å². The van der Waals surface area contributed by atoms with Gasteiger partial charge in [-0.2, -0.15) is 0 Å². The van der Waals surface area contributed by atoms with E-state index in [9.17, 15) is 14.4 Å². The Labute approximate surface area is 221 Å². The summed E-state index contributed by atoms with van der Waals surface area (Å²) in [6.45, 7) is 6.35. The minimum atomic E-state index is -0.549. The number of carbonyl (C=O) groups excluding carboxylic acids is 3. The molecule has 1 heterocycles. The average molecular weight is 508 g/mol. The van der Waals surface area contributed by atoms with Crippen molar-refractivity contribution in [3.8, 4) is 0 Å². The summed E-state index contributed by atoms with van der Waals surface area (Å²) in [4.78, 5) is 38.7. The molecule has 3 aromatic carbocycles. The largest absolute Gasteiger partial charge is 0.465 e. The molecule has 0 saturated heterocycles. The van der Waals surface area contributed by atoms with E-state index in [-0.39, 0.29) is 17.0 Å². The summed E-state index contributed by atoms with van der Waals surface area (Å²) in [5.41, 5.74) is 3.02. The molecule has 1 aromatic heterocycles. The minimum Gasteiger partial charge on any atom is -0.465 e. The van der Waals surface area contributed by atoms with E-state index in [1.807, 2.05) is 12.1 Å². The molecule has 0 aliphatic heterocycles. The summed E-state index contributed by atoms with van der Waals surface area (Å²) < 4.78 is 5.33. The van der Waals surface area contributed by atoms with E-state index in [0.29, 0.717) is 28.3 Å². The smallest absolute Gasteiger partial charge is 0.272 e. The van der Waals surface area contributed by atoms with E-state index in [0.717, 1.165) is 5.56 Å². The van der Waals surface area contributed by atoms with Crippen LogP contribution in [0.25, 0.3) is 6.08 Å². The lowest BCUT2D eigenvalue weighted by molar-refractivity contribution is -0.113. The van der Waals surface area contributed by atoms with Crippen LogP contribution >= 0.6 is 0 Å². The average Bonchev–Trinajstić information content (AvgIpc) is 3.42. The molecule has 3 amide bonds. The zero-order chi connectivity index (χ0) is 27.1. The Morgan fingerprint density at radius 2 is 1.37 bits per heavy atom. The van der Waals surface area contributed by atoms with Crippen LogP contribution in [0.15, 0.2) is 107 Å². The summed E-state index contributed by atoms with van der Waals surface area (Å²) in [6.07, 6.45) is 2.92. The molecule has 0 saturated carbocycles. The topological polar surface area (TPSA) is 100 Å². The van der Waals surface area contributed by atoms with E-state index in [2.05, 4.69) is 36.7 Å². The van der Waals surface area contributed by atoms with Crippen LogP contribution in [-0.2, 0) is 10.2 Å². The van der Waals surface area contributed by atoms with E-state index < -0.39 is 11.8 Å². The fourth-order valence-electron chi connectivity index (χ4n) is 3.66. The molecule has 0 unspecified atom stereocenters. The second-order valence-electron chi connectivity index (χ2n) is 9.71. The molecule has 0 aliphatic rings. The van der Waals surface area contributed by atoms with Crippen molar-refractivity contribution in [2.75, 3.05) is 10.6 Å². The van der Waals surface area contributed by atoms with Crippen LogP contribution in [0.1, 0.15) is 52.8 Å². The quantitative estimate of drug-likeness (QED) is 0.258. The lowest BCUT2D eigenvalue weighted by Gasteiger charge is -2.19. The van der Waals surface area contributed by atoms with Crippen LogP contribution in [0.3, 0.4) is 0 Å². The number of rotatable bonds is 7. The summed E-state index contributed by atoms with van der Waals surface area (Å²) in [5.74, 6) is -0.839. The number of hydrogen-bond acceptors (Lipinski definition) is 4. The van der Waals surface area contributed by atoms with Crippen LogP contribution in [0.2, 0.25) is 0 Å². The number of carbonyl (C=O) groups is 3. The molecular weight excluding hydrogens is 478 g/mol. The van der Waals surface area contributed by atoms with Gasteiger partial charge >= 0.3 is 0 Å². The molecule has 0 radical (unpaired) electrons. The molecule has 4 rings (SSSR count). The molecule has 4 aromatic rings. The van der Waals surface area contributed by atoms with Crippen LogP contribution in [0.4, 0.5) is 11.4 Å². The Kier molecular flexibility index (Phi) is 7.87. The van der Waals surface area contributed by atoms with Gasteiger partial charge in [-0.1, -0.05) is 57.2 Å². The van der Waals surface area contributed by atoms with Gasteiger partial charge in [0.05, 0.1) is 6.26 Å². The predicted molar refractivity (Wildman–Crippen MR) is 149 cm³/mol. The van der Waals surface area contributed by atoms with Gasteiger partial charge < -0.3 is 20.4 Å². The Morgan fingerprint density at radius 1 is 0.711 bits per heavy atom. The highest BCUT2D eigenvalue weighted by atomic mass is 16.3. The maximum atomic E-state index is 13.2. The molecule has 0 bridgehead atoms. The number of hydrogen-bond donors (Lipinski definition) is 3. The Morgan fingerprint density at radius 3 is 2.00 bits per heavy atom. The number of anilines is 2. The first-order valence-corrected chi connectivity index (χ1v) is 12.1. The van der Waals surface area contributed by atoms with Gasteiger partial charge in [0.15, 0.2) is 0 Å². The summed E-state index contributed by atoms with van der Waals surface area (Å²) in [7, 11) is 0. The SMILES string of the molecule is CC(C)(C)c1ccc(C(=O)Nc2cccc(NC(=O)/C(=C/c3ccco3)NC(=O)c3ccccc3)c2)cc1. The number of benzene rings is 3. The lowest BCUT2D eigenvalue weighted by atomic mass is 9.87. The van der Waals surface area contributed by atoms with Gasteiger partial charge in [0.25, 0.3) is 17.7 Å². The number of nitrogens with one attached hydrogen (secondary N) is 3. The van der Waals surface area contributed by atoms with Crippen molar-refractivity contribution in [2.45, 2.75) is 26.2 Å². The maximum Gasteiger partial charge on any atom is 0.272 e. The normalized spacial score (nSPS) is 11.5. The molecule has 0 atom stereocenters. The third-order valence-electron chi connectivity index (χ3n) is 5.75. The second-order valence-corrected chi connectivity index (χ2v) is 9.71. The standard InChI is InChI=1S/C31H29N3O4/c1-31(2,3)23-16-14-22(15-17-23)28(35)32-24-11-7-12-25(19-24)33-30(37)27(20-26-13-8-18-38-26)34-29(36)21-9-5-4-6-10-21/h4-20H,1-3H3,(H,32,35)(H,33,37)(H,34,36)/b27-20-. The molecular formula is C31H29N3O4. The van der Waals surface area contributed by atoms with Crippen molar-refractivity contribution in [3.05, 3.63) is 125 Å². The Balaban J connectivity index is 1.48. The third kappa shape index (κ3) is 6.85. The Hall–Kier alpha value is -4.91. The van der Waals surface area contributed by atoms with E-state index in [1.54, 1.807) is 78.9 Å². The molecule has 0 fully saturated rings. The van der Waals surface area contributed by atoms with E-state index >= 15 is 0 Å². The van der Waals surface area contributed by atoms with Crippen molar-refractivity contribution >= 4 is 35.2 Å². The van der Waals surface area contributed by atoms with Gasteiger partial charge in [-0.25, -0.2) is 0 Å². The Bertz CT molecular complexity index is 1450. The first-order chi connectivity index (χ1) is 18.2. The molecule has 192 valence electrons. The third-order valence-corrected chi connectivity index (χ3v) is 5.75. The first kappa shape index (κ1) is 26.2. The van der Waals surface area contributed by atoms with Gasteiger partial charge in [0, 0.05) is 28.6 Å². The minimum absolute atomic E-state index is 0.00202. The molecule has 3 N–H and O–H groups in total. The first-order valence-electron chi connectivity index (χ1n) is 12.1. The van der Waals surface area contributed by atoms with Gasteiger partial charge in [-0.3, -0.25) is 14.4 Å². The molecule has 38 heavy (non-hydrogen) atoms. The summed E-state index contributed by atoms with van der Waals surface area (Å²) in [6, 6.07) is 26.2. The van der Waals surface area contributed by atoms with Crippen molar-refractivity contribution < 1.29 is 18.8 Å². The van der Waals surface area contributed by atoms with Crippen molar-refractivity contribution in [3.63, 3.8) is 0 Å². The monoisotopic (exact) mass is 507 g/mol. The fourth-order valence-corrected chi connectivity index (χ4v) is 3.66. The van der Waals surface area contributed by atoms with Crippen molar-refractivity contribution in [1.29, 1.82) is 0 Å². The highest BCUT2D eigenvalue weighted by Gasteiger charge is 2.17. The van der Waals surface area contributed by atoms with Gasteiger partial charge in [0.2, 0.25) is 0 Å². The predicted octanol–water partition coefficient (Wildman–Crippen LogP) is 6.24. The van der Waals surface area contributed by atoms with Gasteiger partial charge in [-0.15, -0.1) is 0 Å². The zero-order valence-electron chi connectivity index (χ0n) is 21.4. The van der Waals surface area contributed by atoms with Crippen LogP contribution < -0.4 is 16.0 Å². The second kappa shape index (κ2) is 11.4. The number of amides is 3. The van der Waals surface area contributed by atoms with Gasteiger partial charge in [0.1, 0.15) is 11.5 Å². The van der Waals surface area contributed by atoms with Crippen LogP contribution in [-0.4, -0.2) is 17.7 Å². The lowest BCUT2D eigenvalue weighted by Crippen LogP contribution is -2.30. The number of furan rings is 1. The highest BCUT2D eigenvalue weighted by molar-refractivity contribution is 6.11.